The standard InChI is InChI=1S/C37H60N2O8/c1-24(2)7-6-8-25(3)29-11-12-30-28-10-9-26-19-27(13-15-36(26,4)31(28)14-16-37(29,30)5)47-35(46)23-39(22-34(44)45)18-17-38(20-32(40)41)21-33(42)43/h9,24-25,27-31H,6-8,10-23H2,1-5H3,(H,40,41)(H,42,43)(H,44,45)/t25-,27+,28+,29-,30+,31+,36+,37-/m1/s1. The number of fused-ring (bicyclic) bond motifs is 5. The fraction of sp³-hybridized carbons (Fsp3) is 0.838. The minimum Gasteiger partial charge on any atom is -0.480 e. The normalized spacial score (nSPS) is 32.3. The van der Waals surface area contributed by atoms with Gasteiger partial charge < -0.3 is 20.1 Å². The summed E-state index contributed by atoms with van der Waals surface area (Å²) in [6.07, 6.45) is 15.1. The van der Waals surface area contributed by atoms with Crippen LogP contribution in [-0.2, 0) is 23.9 Å². The predicted octanol–water partition coefficient (Wildman–Crippen LogP) is 5.80. The number of aliphatic carboxylic acids is 3. The van der Waals surface area contributed by atoms with Gasteiger partial charge >= 0.3 is 23.9 Å². The van der Waals surface area contributed by atoms with E-state index in [0.29, 0.717) is 17.8 Å². The van der Waals surface area contributed by atoms with Gasteiger partial charge in [0.1, 0.15) is 6.10 Å². The molecule has 10 heteroatoms. The average molecular weight is 661 g/mol. The van der Waals surface area contributed by atoms with E-state index in [9.17, 15) is 24.3 Å². The van der Waals surface area contributed by atoms with Crippen molar-refractivity contribution in [3.63, 3.8) is 0 Å². The molecule has 266 valence electrons. The molecule has 0 amide bonds. The number of hydrogen-bond acceptors (Lipinski definition) is 7. The number of rotatable bonds is 17. The van der Waals surface area contributed by atoms with Crippen LogP contribution in [0.5, 0.6) is 0 Å². The van der Waals surface area contributed by atoms with Crippen molar-refractivity contribution in [2.24, 2.45) is 46.3 Å². The molecule has 0 aromatic rings. The molecule has 0 unspecified atom stereocenters. The summed E-state index contributed by atoms with van der Waals surface area (Å²) in [7, 11) is 0. The SMILES string of the molecule is CC(C)CCC[C@@H](C)[C@H]1CC[C@H]2[C@@H]3CC=C4C[C@@H](OC(=O)CN(CCN(CC(=O)O)CC(=O)O)CC(=O)O)CC[C@]4(C)[C@H]3CC[C@]12C. The number of ether oxygens (including phenoxy) is 1. The first-order valence-electron chi connectivity index (χ1n) is 18.1. The molecule has 0 aliphatic heterocycles. The second-order valence-corrected chi connectivity index (χ2v) is 16.2. The highest BCUT2D eigenvalue weighted by atomic mass is 16.5. The predicted molar refractivity (Wildman–Crippen MR) is 179 cm³/mol. The van der Waals surface area contributed by atoms with Crippen LogP contribution >= 0.6 is 0 Å². The number of nitrogens with zero attached hydrogens (tertiary/aromatic N) is 2. The van der Waals surface area contributed by atoms with Crippen LogP contribution in [0.25, 0.3) is 0 Å². The highest BCUT2D eigenvalue weighted by molar-refractivity contribution is 5.74. The first kappa shape index (κ1) is 37.4. The summed E-state index contributed by atoms with van der Waals surface area (Å²) in [6, 6.07) is 0. The zero-order valence-electron chi connectivity index (χ0n) is 29.4. The van der Waals surface area contributed by atoms with Crippen LogP contribution in [0.2, 0.25) is 0 Å². The van der Waals surface area contributed by atoms with Crippen molar-refractivity contribution < 1.29 is 39.2 Å². The number of carboxylic acid groups (broad SMARTS) is 3. The van der Waals surface area contributed by atoms with E-state index in [1.165, 1.54) is 60.3 Å². The molecule has 0 radical (unpaired) electrons. The Morgan fingerprint density at radius 1 is 0.830 bits per heavy atom. The number of carbonyl (C=O) groups is 4. The number of allylic oxidation sites excluding steroid dienone is 1. The van der Waals surface area contributed by atoms with Crippen LogP contribution < -0.4 is 0 Å². The second-order valence-electron chi connectivity index (χ2n) is 16.2. The molecule has 8 atom stereocenters. The number of carboxylic acids is 3. The zero-order chi connectivity index (χ0) is 34.5. The Morgan fingerprint density at radius 3 is 2.04 bits per heavy atom. The first-order chi connectivity index (χ1) is 22.1. The van der Waals surface area contributed by atoms with Crippen molar-refractivity contribution >= 4 is 23.9 Å². The molecule has 10 nitrogen and oxygen atoms in total. The summed E-state index contributed by atoms with van der Waals surface area (Å²) in [5, 5.41) is 27.6. The van der Waals surface area contributed by atoms with E-state index in [1.54, 1.807) is 0 Å². The summed E-state index contributed by atoms with van der Waals surface area (Å²) in [6.45, 7) is 10.6. The van der Waals surface area contributed by atoms with Crippen LogP contribution in [-0.4, -0.2) is 94.4 Å². The van der Waals surface area contributed by atoms with E-state index in [1.807, 2.05) is 0 Å². The molecule has 0 bridgehead atoms. The molecular formula is C37H60N2O8. The summed E-state index contributed by atoms with van der Waals surface area (Å²) in [4.78, 5) is 49.4. The van der Waals surface area contributed by atoms with E-state index < -0.39 is 43.5 Å². The topological polar surface area (TPSA) is 145 Å². The number of carbonyl (C=O) groups excluding carboxylic acids is 1. The molecule has 4 aliphatic carbocycles. The van der Waals surface area contributed by atoms with Crippen LogP contribution in [0, 0.1) is 46.3 Å². The Hall–Kier alpha value is -2.46. The van der Waals surface area contributed by atoms with Gasteiger partial charge in [0.15, 0.2) is 0 Å². The van der Waals surface area contributed by atoms with Crippen LogP contribution in [0.1, 0.15) is 105 Å². The van der Waals surface area contributed by atoms with E-state index >= 15 is 0 Å². The Labute approximate surface area is 281 Å². The van der Waals surface area contributed by atoms with Gasteiger partial charge in [0.2, 0.25) is 0 Å². The largest absolute Gasteiger partial charge is 0.480 e. The third kappa shape index (κ3) is 9.17. The lowest BCUT2D eigenvalue weighted by atomic mass is 9.47. The van der Waals surface area contributed by atoms with Gasteiger partial charge in [0, 0.05) is 19.5 Å². The molecule has 47 heavy (non-hydrogen) atoms. The molecular weight excluding hydrogens is 600 g/mol. The second kappa shape index (κ2) is 15.8. The molecule has 4 aliphatic rings. The molecule has 0 spiro atoms. The van der Waals surface area contributed by atoms with Gasteiger partial charge in [-0.3, -0.25) is 29.0 Å². The van der Waals surface area contributed by atoms with E-state index in [2.05, 4.69) is 40.7 Å². The maximum atomic E-state index is 13.0. The van der Waals surface area contributed by atoms with Gasteiger partial charge in [-0.1, -0.05) is 65.5 Å². The Kier molecular flexibility index (Phi) is 12.6. The fourth-order valence-electron chi connectivity index (χ4n) is 10.4. The van der Waals surface area contributed by atoms with E-state index in [0.717, 1.165) is 48.9 Å². The lowest BCUT2D eigenvalue weighted by molar-refractivity contribution is -0.154. The minimum atomic E-state index is -1.18. The van der Waals surface area contributed by atoms with Gasteiger partial charge in [-0.15, -0.1) is 0 Å². The van der Waals surface area contributed by atoms with E-state index in [-0.39, 0.29) is 31.2 Å². The van der Waals surface area contributed by atoms with Crippen molar-refractivity contribution in [3.8, 4) is 0 Å². The van der Waals surface area contributed by atoms with Crippen molar-refractivity contribution in [2.45, 2.75) is 111 Å². The smallest absolute Gasteiger partial charge is 0.320 e. The van der Waals surface area contributed by atoms with Crippen LogP contribution in [0.4, 0.5) is 0 Å². The monoisotopic (exact) mass is 660 g/mol. The van der Waals surface area contributed by atoms with Crippen molar-refractivity contribution in [1.29, 1.82) is 0 Å². The van der Waals surface area contributed by atoms with Gasteiger partial charge in [-0.25, -0.2) is 0 Å². The highest BCUT2D eigenvalue weighted by Crippen LogP contribution is 2.67. The molecule has 0 saturated heterocycles. The maximum Gasteiger partial charge on any atom is 0.320 e. The zero-order valence-corrected chi connectivity index (χ0v) is 29.4. The molecule has 3 saturated carbocycles. The van der Waals surface area contributed by atoms with E-state index in [4.69, 9.17) is 14.9 Å². The van der Waals surface area contributed by atoms with Gasteiger partial charge in [0.05, 0.1) is 26.2 Å². The first-order valence-corrected chi connectivity index (χ1v) is 18.1. The third-order valence-electron chi connectivity index (χ3n) is 12.7. The Balaban J connectivity index is 1.34. The summed E-state index contributed by atoms with van der Waals surface area (Å²) < 4.78 is 5.93. The molecule has 3 N–H and O–H groups in total. The summed E-state index contributed by atoms with van der Waals surface area (Å²) in [5.74, 6) is 0.560. The summed E-state index contributed by atoms with van der Waals surface area (Å²) >= 11 is 0. The van der Waals surface area contributed by atoms with Crippen LogP contribution in [0.3, 0.4) is 0 Å². The quantitative estimate of drug-likeness (QED) is 0.129. The molecule has 3 fully saturated rings. The van der Waals surface area contributed by atoms with Crippen molar-refractivity contribution in [1.82, 2.24) is 9.80 Å². The maximum absolute atomic E-state index is 13.0. The molecule has 0 aromatic carbocycles. The van der Waals surface area contributed by atoms with Crippen molar-refractivity contribution in [2.75, 3.05) is 39.3 Å². The fourth-order valence-corrected chi connectivity index (χ4v) is 10.4. The lowest BCUT2D eigenvalue weighted by Crippen LogP contribution is -2.51. The van der Waals surface area contributed by atoms with Crippen LogP contribution in [0.15, 0.2) is 11.6 Å². The third-order valence-corrected chi connectivity index (χ3v) is 12.7. The number of hydrogen-bond donors (Lipinski definition) is 3. The van der Waals surface area contributed by atoms with Gasteiger partial charge in [-0.2, -0.15) is 0 Å². The highest BCUT2D eigenvalue weighted by Gasteiger charge is 2.59. The lowest BCUT2D eigenvalue weighted by Gasteiger charge is -2.58. The minimum absolute atomic E-state index is 0.00574. The molecule has 0 heterocycles. The average Bonchev–Trinajstić information content (AvgIpc) is 3.32. The Bertz CT molecular complexity index is 1150. The van der Waals surface area contributed by atoms with Crippen molar-refractivity contribution in [3.05, 3.63) is 11.6 Å². The van der Waals surface area contributed by atoms with Gasteiger partial charge in [-0.05, 0) is 91.3 Å². The number of esters is 1. The summed E-state index contributed by atoms with van der Waals surface area (Å²) in [5.41, 5.74) is 1.98. The Morgan fingerprint density at radius 2 is 1.45 bits per heavy atom. The van der Waals surface area contributed by atoms with Gasteiger partial charge in [0.25, 0.3) is 0 Å². The molecule has 4 rings (SSSR count). The molecule has 0 aromatic heterocycles.